The largest absolute Gasteiger partial charge is 0.481 e. The van der Waals surface area contributed by atoms with Gasteiger partial charge in [-0.2, -0.15) is 0 Å². The number of pyridine rings is 2. The van der Waals surface area contributed by atoms with Gasteiger partial charge in [0.05, 0.1) is 83.6 Å². The predicted octanol–water partition coefficient (Wildman–Crippen LogP) is 5.68. The van der Waals surface area contributed by atoms with Crippen LogP contribution in [0.4, 0.5) is 23.0 Å². The SMILES string of the molecule is O=C(O)[C@H]1CCc2c(sc3ncnc(Nc4cnc5c(c4)C=NC5)c23)C1.O=C([C@H]1CCc2c(sc3ncnc(Nc4cnc5c(c4)C=NC5)c23)C1)N1CC2(COC2)C1. The summed E-state index contributed by atoms with van der Waals surface area (Å²) in [5, 5.41) is 18.2. The molecule has 10 heterocycles. The molecule has 292 valence electrons. The number of aryl methyl sites for hydroxylation is 2. The van der Waals surface area contributed by atoms with E-state index in [1.165, 1.54) is 16.0 Å². The van der Waals surface area contributed by atoms with Gasteiger partial charge in [0.2, 0.25) is 5.91 Å². The maximum absolute atomic E-state index is 13.1. The number of amides is 1. The van der Waals surface area contributed by atoms with Crippen molar-refractivity contribution in [1.82, 2.24) is 34.8 Å². The van der Waals surface area contributed by atoms with Crippen molar-refractivity contribution in [2.24, 2.45) is 27.2 Å². The summed E-state index contributed by atoms with van der Waals surface area (Å²) < 4.78 is 5.34. The Morgan fingerprint density at radius 2 is 1.28 bits per heavy atom. The fraction of sp³-hybridized carbons (Fsp3) is 0.366. The first kappa shape index (κ1) is 35.4. The molecule has 12 rings (SSSR count). The van der Waals surface area contributed by atoms with Crippen molar-refractivity contribution < 1.29 is 19.4 Å². The molecule has 1 spiro atoms. The average Bonchev–Trinajstić information content (AvgIpc) is 4.01. The molecule has 2 atom stereocenters. The second kappa shape index (κ2) is 14.0. The second-order valence-electron chi connectivity index (χ2n) is 15.9. The molecule has 0 bridgehead atoms. The van der Waals surface area contributed by atoms with Crippen LogP contribution in [0.2, 0.25) is 0 Å². The Morgan fingerprint density at radius 3 is 1.79 bits per heavy atom. The van der Waals surface area contributed by atoms with E-state index in [-0.39, 0.29) is 17.3 Å². The van der Waals surface area contributed by atoms with E-state index in [1.54, 1.807) is 41.5 Å². The first-order valence-corrected chi connectivity index (χ1v) is 21.1. The highest BCUT2D eigenvalue weighted by molar-refractivity contribution is 7.19. The number of carbonyl (C=O) groups excluding carboxylic acids is 1. The molecule has 17 heteroatoms. The Bertz CT molecular complexity index is 2730. The molecule has 2 fully saturated rings. The Labute approximate surface area is 339 Å². The molecule has 58 heavy (non-hydrogen) atoms. The number of nitrogens with zero attached hydrogens (tertiary/aromatic N) is 9. The monoisotopic (exact) mass is 811 g/mol. The van der Waals surface area contributed by atoms with Crippen LogP contribution in [-0.2, 0) is 53.1 Å². The normalized spacial score (nSPS) is 20.4. The molecule has 1 amide bonds. The number of carboxylic acids is 1. The van der Waals surface area contributed by atoms with Gasteiger partial charge < -0.3 is 25.4 Å². The van der Waals surface area contributed by atoms with Gasteiger partial charge in [-0.1, -0.05) is 0 Å². The fourth-order valence-electron chi connectivity index (χ4n) is 8.96. The molecule has 0 saturated carbocycles. The van der Waals surface area contributed by atoms with Crippen LogP contribution in [0, 0.1) is 17.3 Å². The summed E-state index contributed by atoms with van der Waals surface area (Å²) in [6.45, 7) is 4.63. The van der Waals surface area contributed by atoms with E-state index in [9.17, 15) is 14.7 Å². The van der Waals surface area contributed by atoms with Gasteiger partial charge in [0.25, 0.3) is 0 Å². The number of hydrogen-bond acceptors (Lipinski definition) is 15. The maximum atomic E-state index is 13.1. The first-order valence-electron chi connectivity index (χ1n) is 19.5. The van der Waals surface area contributed by atoms with Gasteiger partial charge in [-0.15, -0.1) is 22.7 Å². The lowest BCUT2D eigenvalue weighted by atomic mass is 9.76. The molecule has 2 saturated heterocycles. The van der Waals surface area contributed by atoms with Gasteiger partial charge in [-0.25, -0.2) is 19.9 Å². The van der Waals surface area contributed by atoms with E-state index in [0.717, 1.165) is 123 Å². The minimum absolute atomic E-state index is 0.0680. The zero-order valence-corrected chi connectivity index (χ0v) is 32.9. The summed E-state index contributed by atoms with van der Waals surface area (Å²) in [5.74, 6) is 0.907. The Hall–Kier alpha value is -5.78. The van der Waals surface area contributed by atoms with Crippen LogP contribution >= 0.6 is 22.7 Å². The van der Waals surface area contributed by atoms with Crippen LogP contribution in [0.1, 0.15) is 56.2 Å². The number of fused-ring (bicyclic) bond motifs is 8. The summed E-state index contributed by atoms with van der Waals surface area (Å²) in [4.78, 5) is 66.1. The highest BCUT2D eigenvalue weighted by Gasteiger charge is 2.51. The summed E-state index contributed by atoms with van der Waals surface area (Å²) in [6.07, 6.45) is 15.0. The van der Waals surface area contributed by atoms with E-state index in [4.69, 9.17) is 4.74 Å². The van der Waals surface area contributed by atoms with E-state index in [0.29, 0.717) is 31.8 Å². The highest BCUT2D eigenvalue weighted by Crippen LogP contribution is 2.44. The molecule has 3 N–H and O–H groups in total. The van der Waals surface area contributed by atoms with E-state index >= 15 is 0 Å². The topological polar surface area (TPSA) is 193 Å². The predicted molar refractivity (Wildman–Crippen MR) is 221 cm³/mol. The summed E-state index contributed by atoms with van der Waals surface area (Å²) >= 11 is 3.27. The summed E-state index contributed by atoms with van der Waals surface area (Å²) in [6, 6.07) is 4.08. The average molecular weight is 812 g/mol. The van der Waals surface area contributed by atoms with Crippen molar-refractivity contribution in [3.05, 3.63) is 80.6 Å². The molecule has 0 radical (unpaired) electrons. The molecular formula is C41H37N11O4S2. The number of thiophene rings is 2. The Morgan fingerprint density at radius 1 is 0.741 bits per heavy atom. The zero-order valence-electron chi connectivity index (χ0n) is 31.3. The minimum Gasteiger partial charge on any atom is -0.481 e. The number of likely N-dealkylation sites (tertiary alicyclic amines) is 1. The number of anilines is 4. The molecule has 15 nitrogen and oxygen atoms in total. The lowest BCUT2D eigenvalue weighted by Crippen LogP contribution is -2.68. The highest BCUT2D eigenvalue weighted by atomic mass is 32.1. The van der Waals surface area contributed by atoms with Crippen molar-refractivity contribution in [2.75, 3.05) is 36.9 Å². The molecule has 6 aromatic rings. The van der Waals surface area contributed by atoms with Crippen LogP contribution in [-0.4, -0.2) is 90.5 Å². The molecule has 6 aliphatic rings. The van der Waals surface area contributed by atoms with Crippen molar-refractivity contribution >= 4 is 90.4 Å². The third-order valence-corrected chi connectivity index (χ3v) is 14.4. The van der Waals surface area contributed by atoms with Gasteiger partial charge >= 0.3 is 5.97 Å². The van der Waals surface area contributed by atoms with Crippen LogP contribution in [0.3, 0.4) is 0 Å². The minimum atomic E-state index is -0.719. The Kier molecular flexibility index (Phi) is 8.51. The number of aliphatic imine (C=N–C) groups is 2. The van der Waals surface area contributed by atoms with Crippen molar-refractivity contribution in [3.8, 4) is 0 Å². The van der Waals surface area contributed by atoms with Crippen molar-refractivity contribution in [2.45, 2.75) is 51.6 Å². The van der Waals surface area contributed by atoms with Gasteiger partial charge in [0.15, 0.2) is 0 Å². The number of aromatic nitrogens is 6. The van der Waals surface area contributed by atoms with Gasteiger partial charge in [-0.3, -0.25) is 29.5 Å². The van der Waals surface area contributed by atoms with Crippen LogP contribution in [0.25, 0.3) is 20.4 Å². The lowest BCUT2D eigenvalue weighted by Gasteiger charge is -2.55. The molecule has 0 unspecified atom stereocenters. The fourth-order valence-corrected chi connectivity index (χ4v) is 11.5. The number of rotatable bonds is 6. The second-order valence-corrected chi connectivity index (χ2v) is 18.1. The third kappa shape index (κ3) is 6.19. The quantitative estimate of drug-likeness (QED) is 0.187. The molecule has 2 aliphatic carbocycles. The van der Waals surface area contributed by atoms with Gasteiger partial charge in [-0.05, 0) is 61.8 Å². The van der Waals surface area contributed by atoms with Gasteiger partial charge in [0, 0.05) is 52.3 Å². The lowest BCUT2D eigenvalue weighted by molar-refractivity contribution is -0.197. The zero-order chi connectivity index (χ0) is 39.0. The van der Waals surface area contributed by atoms with E-state index < -0.39 is 5.97 Å². The third-order valence-electron chi connectivity index (χ3n) is 12.0. The maximum Gasteiger partial charge on any atom is 0.306 e. The standard InChI is InChI=1S/C23H22N6O2S.C18H15N5O2S/c30-22(29-8-23(9-29)10-31-11-23)13-1-2-16-18(4-13)32-21-19(16)20(26-12-27-21)28-15-3-14-5-24-7-17(14)25-6-15;24-18(25)9-1-2-12-14(4-9)26-17-15(12)16(21-8-22-17)23-11-3-10-5-19-7-13(10)20-6-11/h3,5-6,12-13H,1-2,4,7-11H2,(H,26,27,28);3,5-6,8-9H,1-2,4,7H2,(H,24,25)(H,21,22,23)/t13-;9-/m00/s1. The number of aliphatic carboxylic acids is 1. The first-order chi connectivity index (χ1) is 28.4. The number of ether oxygens (including phenoxy) is 1. The number of carboxylic acid groups (broad SMARTS) is 1. The smallest absolute Gasteiger partial charge is 0.306 e. The van der Waals surface area contributed by atoms with Crippen LogP contribution < -0.4 is 10.6 Å². The van der Waals surface area contributed by atoms with Crippen LogP contribution in [0.15, 0.2) is 47.2 Å². The molecular weight excluding hydrogens is 775 g/mol. The van der Waals surface area contributed by atoms with E-state index in [1.807, 2.05) is 29.6 Å². The molecule has 0 aromatic carbocycles. The number of nitrogens with one attached hydrogen (secondary N) is 2. The van der Waals surface area contributed by atoms with Crippen molar-refractivity contribution in [1.29, 1.82) is 0 Å². The molecule has 6 aromatic heterocycles. The molecule has 4 aliphatic heterocycles. The Balaban J connectivity index is 0.000000136. The number of carbonyl (C=O) groups is 2. The van der Waals surface area contributed by atoms with E-state index in [2.05, 4.69) is 56.6 Å². The summed E-state index contributed by atoms with van der Waals surface area (Å²) in [5.41, 5.74) is 8.56. The van der Waals surface area contributed by atoms with Gasteiger partial charge in [0.1, 0.15) is 34.0 Å². The van der Waals surface area contributed by atoms with Crippen molar-refractivity contribution in [3.63, 3.8) is 0 Å². The van der Waals surface area contributed by atoms with Crippen LogP contribution in [0.5, 0.6) is 0 Å². The number of hydrogen-bond donors (Lipinski definition) is 3. The summed E-state index contributed by atoms with van der Waals surface area (Å²) in [7, 11) is 0.